The van der Waals surface area contributed by atoms with Gasteiger partial charge in [0.25, 0.3) is 5.91 Å². The smallest absolute Gasteiger partial charge is 0.296 e. The van der Waals surface area contributed by atoms with Crippen molar-refractivity contribution in [3.8, 4) is 16.9 Å². The maximum Gasteiger partial charge on any atom is 0.296 e. The Bertz CT molecular complexity index is 1490. The summed E-state index contributed by atoms with van der Waals surface area (Å²) in [7, 11) is 0. The van der Waals surface area contributed by atoms with Crippen LogP contribution in [0, 0.1) is 12.7 Å². The lowest BCUT2D eigenvalue weighted by molar-refractivity contribution is 0.0641. The normalized spacial score (nSPS) is 14.7. The molecule has 2 N–H and O–H groups in total. The van der Waals surface area contributed by atoms with Crippen molar-refractivity contribution in [3.63, 3.8) is 0 Å². The second kappa shape index (κ2) is 10.9. The second-order valence-corrected chi connectivity index (χ2v) is 10.5. The average molecular weight is 530 g/mol. The van der Waals surface area contributed by atoms with E-state index in [4.69, 9.17) is 4.74 Å². The van der Waals surface area contributed by atoms with E-state index >= 15 is 0 Å². The number of nitrogens with one attached hydrogen (secondary N) is 1. The van der Waals surface area contributed by atoms with Gasteiger partial charge in [0.1, 0.15) is 23.2 Å². The number of nitrogens with zero attached hydrogens (tertiary/aromatic N) is 4. The fourth-order valence-corrected chi connectivity index (χ4v) is 4.83. The number of carbonyl (C=O) groups is 1. The third kappa shape index (κ3) is 6.15. The predicted molar refractivity (Wildman–Crippen MR) is 146 cm³/mol. The number of halogens is 1. The predicted octanol–water partition coefficient (Wildman–Crippen LogP) is 5.51. The number of hydrogen-bond acceptors (Lipinski definition) is 6. The van der Waals surface area contributed by atoms with Gasteiger partial charge in [0.15, 0.2) is 0 Å². The number of benzene rings is 2. The highest BCUT2D eigenvalue weighted by molar-refractivity contribution is 6.01. The molecule has 0 saturated heterocycles. The van der Waals surface area contributed by atoms with Crippen LogP contribution in [0.2, 0.25) is 0 Å². The molecule has 0 fully saturated rings. The van der Waals surface area contributed by atoms with E-state index in [0.29, 0.717) is 43.1 Å². The largest absolute Gasteiger partial charge is 0.494 e. The summed E-state index contributed by atoms with van der Waals surface area (Å²) in [5, 5.41) is 17.1. The van der Waals surface area contributed by atoms with Crippen LogP contribution < -0.4 is 10.1 Å². The zero-order chi connectivity index (χ0) is 27.6. The summed E-state index contributed by atoms with van der Waals surface area (Å²) in [6.45, 7) is 6.09. The quantitative estimate of drug-likeness (QED) is 0.278. The number of ether oxygens (including phenoxy) is 1. The van der Waals surface area contributed by atoms with Crippen molar-refractivity contribution in [1.29, 1.82) is 0 Å². The first-order valence-corrected chi connectivity index (χ1v) is 13.1. The molecule has 0 bridgehead atoms. The lowest BCUT2D eigenvalue weighted by Crippen LogP contribution is -2.19. The Morgan fingerprint density at radius 2 is 2.03 bits per heavy atom. The Balaban J connectivity index is 1.29. The number of anilines is 1. The van der Waals surface area contributed by atoms with Crippen molar-refractivity contribution in [2.45, 2.75) is 58.1 Å². The summed E-state index contributed by atoms with van der Waals surface area (Å²) >= 11 is 0. The van der Waals surface area contributed by atoms with Gasteiger partial charge in [-0.3, -0.25) is 4.79 Å². The standard InChI is InChI=1S/C30H32FN5O3/c1-19-9-10-21(39-16-6-14-30(2,3)38)18-23(19)20-13-15-32-26(17-20)33-29(37)28-34-27-12-11-25(36(27)35-28)22-7-4-5-8-24(22)31/h4-5,7-10,13,15,17-18,25,38H,6,11-12,14,16H2,1-3H3,(H,32,33,37). The van der Waals surface area contributed by atoms with E-state index < -0.39 is 11.5 Å². The first-order chi connectivity index (χ1) is 18.7. The Kier molecular flexibility index (Phi) is 7.43. The fourth-order valence-electron chi connectivity index (χ4n) is 4.83. The van der Waals surface area contributed by atoms with Crippen LogP contribution in [0.15, 0.2) is 60.8 Å². The molecule has 0 radical (unpaired) electrons. The van der Waals surface area contributed by atoms with Crippen molar-refractivity contribution in [3.05, 3.63) is 89.4 Å². The van der Waals surface area contributed by atoms with E-state index in [2.05, 4.69) is 20.4 Å². The SMILES string of the molecule is Cc1ccc(OCCCC(C)(C)O)cc1-c1ccnc(NC(=O)c2nc3n(n2)C(c2ccccc2F)CC3)c1. The highest BCUT2D eigenvalue weighted by Crippen LogP contribution is 2.32. The molecule has 39 heavy (non-hydrogen) atoms. The average Bonchev–Trinajstić information content (AvgIpc) is 3.49. The van der Waals surface area contributed by atoms with Crippen molar-refractivity contribution in [2.24, 2.45) is 0 Å². The molecule has 5 rings (SSSR count). The molecule has 1 atom stereocenters. The second-order valence-electron chi connectivity index (χ2n) is 10.5. The lowest BCUT2D eigenvalue weighted by atomic mass is 10.0. The van der Waals surface area contributed by atoms with E-state index in [0.717, 1.165) is 28.9 Å². The number of pyridine rings is 1. The molecule has 8 nitrogen and oxygen atoms in total. The number of aliphatic hydroxyl groups is 1. The van der Waals surface area contributed by atoms with Gasteiger partial charge in [0, 0.05) is 18.2 Å². The fraction of sp³-hybridized carbons (Fsp3) is 0.333. The summed E-state index contributed by atoms with van der Waals surface area (Å²) < 4.78 is 21.9. The molecule has 0 saturated carbocycles. The number of fused-ring (bicyclic) bond motifs is 1. The molecule has 4 aromatic rings. The lowest BCUT2D eigenvalue weighted by Gasteiger charge is -2.17. The molecular weight excluding hydrogens is 497 g/mol. The van der Waals surface area contributed by atoms with Crippen molar-refractivity contribution < 1.29 is 19.0 Å². The maximum atomic E-state index is 14.4. The van der Waals surface area contributed by atoms with E-state index in [9.17, 15) is 14.3 Å². The molecule has 1 amide bonds. The number of aromatic nitrogens is 4. The van der Waals surface area contributed by atoms with Gasteiger partial charge in [-0.05, 0) is 87.1 Å². The first kappa shape index (κ1) is 26.5. The van der Waals surface area contributed by atoms with Crippen LogP contribution in [0.3, 0.4) is 0 Å². The van der Waals surface area contributed by atoms with Crippen LogP contribution in [0.1, 0.15) is 66.7 Å². The highest BCUT2D eigenvalue weighted by Gasteiger charge is 2.30. The molecule has 3 heterocycles. The molecular formula is C30H32FN5O3. The van der Waals surface area contributed by atoms with Crippen molar-refractivity contribution in [2.75, 3.05) is 11.9 Å². The van der Waals surface area contributed by atoms with Crippen LogP contribution in [0.4, 0.5) is 10.2 Å². The monoisotopic (exact) mass is 529 g/mol. The number of carbonyl (C=O) groups excluding carboxylic acids is 1. The molecule has 1 aliphatic heterocycles. The van der Waals surface area contributed by atoms with Gasteiger partial charge in [0.2, 0.25) is 5.82 Å². The summed E-state index contributed by atoms with van der Waals surface area (Å²) in [5.41, 5.74) is 2.71. The summed E-state index contributed by atoms with van der Waals surface area (Å²) in [6.07, 6.45) is 4.32. The van der Waals surface area contributed by atoms with Gasteiger partial charge in [-0.15, -0.1) is 5.10 Å². The van der Waals surface area contributed by atoms with Gasteiger partial charge < -0.3 is 15.2 Å². The minimum absolute atomic E-state index is 0.0240. The Morgan fingerprint density at radius 3 is 2.82 bits per heavy atom. The Hall–Kier alpha value is -4.11. The number of aryl methyl sites for hydroxylation is 2. The minimum Gasteiger partial charge on any atom is -0.494 e. The van der Waals surface area contributed by atoms with Gasteiger partial charge in [-0.2, -0.15) is 0 Å². The van der Waals surface area contributed by atoms with Crippen LogP contribution in [-0.4, -0.2) is 43.0 Å². The van der Waals surface area contributed by atoms with E-state index in [1.165, 1.54) is 6.07 Å². The minimum atomic E-state index is -0.715. The van der Waals surface area contributed by atoms with Crippen LogP contribution >= 0.6 is 0 Å². The van der Waals surface area contributed by atoms with Gasteiger partial charge >= 0.3 is 0 Å². The Labute approximate surface area is 226 Å². The molecule has 202 valence electrons. The Morgan fingerprint density at radius 1 is 1.21 bits per heavy atom. The highest BCUT2D eigenvalue weighted by atomic mass is 19.1. The zero-order valence-electron chi connectivity index (χ0n) is 22.3. The number of amides is 1. The topological polar surface area (TPSA) is 102 Å². The van der Waals surface area contributed by atoms with Crippen molar-refractivity contribution in [1.82, 2.24) is 19.7 Å². The molecule has 1 aliphatic rings. The summed E-state index contributed by atoms with van der Waals surface area (Å²) in [5.74, 6) is 1.01. The van der Waals surface area contributed by atoms with E-state index in [-0.39, 0.29) is 17.7 Å². The summed E-state index contributed by atoms with van der Waals surface area (Å²) in [6, 6.07) is 15.9. The van der Waals surface area contributed by atoms with Crippen molar-refractivity contribution >= 4 is 11.7 Å². The molecule has 2 aromatic carbocycles. The van der Waals surface area contributed by atoms with Gasteiger partial charge in [-0.25, -0.2) is 19.0 Å². The first-order valence-electron chi connectivity index (χ1n) is 13.1. The molecule has 9 heteroatoms. The third-order valence-corrected chi connectivity index (χ3v) is 6.83. The van der Waals surface area contributed by atoms with Gasteiger partial charge in [-0.1, -0.05) is 24.3 Å². The molecule has 0 aliphatic carbocycles. The maximum absolute atomic E-state index is 14.4. The van der Waals surface area contributed by atoms with E-state index in [1.54, 1.807) is 49.0 Å². The van der Waals surface area contributed by atoms with Crippen LogP contribution in [0.25, 0.3) is 11.1 Å². The molecule has 0 spiro atoms. The van der Waals surface area contributed by atoms with Crippen LogP contribution in [0.5, 0.6) is 5.75 Å². The molecule has 2 aromatic heterocycles. The van der Waals surface area contributed by atoms with E-state index in [1.807, 2.05) is 31.2 Å². The van der Waals surface area contributed by atoms with Gasteiger partial charge in [0.05, 0.1) is 18.2 Å². The molecule has 1 unspecified atom stereocenters. The van der Waals surface area contributed by atoms with Crippen LogP contribution in [-0.2, 0) is 6.42 Å². The number of rotatable bonds is 9. The summed E-state index contributed by atoms with van der Waals surface area (Å²) in [4.78, 5) is 21.7. The zero-order valence-corrected chi connectivity index (χ0v) is 22.3. The number of hydrogen-bond donors (Lipinski definition) is 2. The third-order valence-electron chi connectivity index (χ3n) is 6.83.